The third-order valence-electron chi connectivity index (χ3n) is 5.16. The van der Waals surface area contributed by atoms with Gasteiger partial charge in [0.1, 0.15) is 24.0 Å². The van der Waals surface area contributed by atoms with Crippen molar-refractivity contribution >= 4 is 33.5 Å². The molecule has 0 fully saturated rings. The van der Waals surface area contributed by atoms with Crippen LogP contribution in [0.25, 0.3) is 11.1 Å². The van der Waals surface area contributed by atoms with Gasteiger partial charge in [-0.1, -0.05) is 36.4 Å². The molecular weight excluding hydrogens is 513 g/mol. The number of halogens is 3. The van der Waals surface area contributed by atoms with Crippen molar-refractivity contribution in [2.24, 2.45) is 0 Å². The third-order valence-corrected chi connectivity index (χ3v) is 8.34. The van der Waals surface area contributed by atoms with Crippen LogP contribution in [0.2, 0.25) is 0 Å². The van der Waals surface area contributed by atoms with Crippen LogP contribution in [0.15, 0.2) is 99.6 Å². The molecule has 0 amide bonds. The van der Waals surface area contributed by atoms with Gasteiger partial charge in [0.05, 0.1) is 5.56 Å². The zero-order valence-corrected chi connectivity index (χ0v) is 18.8. The summed E-state index contributed by atoms with van der Waals surface area (Å²) in [5, 5.41) is 0. The number of benzene rings is 4. The Labute approximate surface area is 190 Å². The standard InChI is InChI=1S/C25H17F2IOS/c26-22-13-16(28)14-23(27)21(22)15-29-17-9-11-18(12-10-17)30-24-7-3-1-5-19(24)20-6-2-4-8-25(20)30/h1-14,30H,15H2. The quantitative estimate of drug-likeness (QED) is 0.186. The van der Waals surface area contributed by atoms with E-state index < -0.39 is 22.5 Å². The molecule has 0 radical (unpaired) electrons. The lowest BCUT2D eigenvalue weighted by atomic mass is 10.1. The first-order valence-corrected chi connectivity index (χ1v) is 11.9. The molecule has 1 heterocycles. The summed E-state index contributed by atoms with van der Waals surface area (Å²) < 4.78 is 34.3. The fourth-order valence-corrected chi connectivity index (χ4v) is 6.91. The summed E-state index contributed by atoms with van der Waals surface area (Å²) in [5.74, 6) is -0.579. The van der Waals surface area contributed by atoms with E-state index in [2.05, 4.69) is 60.7 Å². The lowest BCUT2D eigenvalue weighted by Gasteiger charge is -2.19. The number of hydrogen-bond donors (Lipinski definition) is 1. The first kappa shape index (κ1) is 19.6. The van der Waals surface area contributed by atoms with Crippen LogP contribution in [0.4, 0.5) is 8.78 Å². The number of ether oxygens (including phenoxy) is 1. The van der Waals surface area contributed by atoms with Gasteiger partial charge in [0.2, 0.25) is 0 Å². The van der Waals surface area contributed by atoms with Crippen LogP contribution in [-0.4, -0.2) is 0 Å². The lowest BCUT2D eigenvalue weighted by Crippen LogP contribution is -2.02. The van der Waals surface area contributed by atoms with Crippen molar-refractivity contribution in [3.8, 4) is 16.9 Å². The largest absolute Gasteiger partial charge is 0.489 e. The first-order valence-electron chi connectivity index (χ1n) is 9.46. The zero-order valence-electron chi connectivity index (χ0n) is 15.8. The minimum Gasteiger partial charge on any atom is -0.489 e. The molecule has 0 spiro atoms. The van der Waals surface area contributed by atoms with Gasteiger partial charge in [0, 0.05) is 13.4 Å². The Morgan fingerprint density at radius 2 is 1.27 bits per heavy atom. The summed E-state index contributed by atoms with van der Waals surface area (Å²) in [5.41, 5.74) is 2.54. The van der Waals surface area contributed by atoms with Crippen molar-refractivity contribution in [3.05, 3.63) is 106 Å². The fraction of sp³-hybridized carbons (Fsp3) is 0.0400. The minimum absolute atomic E-state index is 0.0532. The van der Waals surface area contributed by atoms with Crippen molar-refractivity contribution in [2.45, 2.75) is 21.3 Å². The maximum absolute atomic E-state index is 14.0. The molecule has 1 nitrogen and oxygen atoms in total. The highest BCUT2D eigenvalue weighted by molar-refractivity contribution is 14.1. The summed E-state index contributed by atoms with van der Waals surface area (Å²) in [6, 6.07) is 27.6. The van der Waals surface area contributed by atoms with Crippen LogP contribution in [0.5, 0.6) is 5.75 Å². The predicted molar refractivity (Wildman–Crippen MR) is 126 cm³/mol. The van der Waals surface area contributed by atoms with Gasteiger partial charge in [-0.05, 0) is 87.1 Å². The van der Waals surface area contributed by atoms with Crippen LogP contribution in [-0.2, 0) is 6.61 Å². The van der Waals surface area contributed by atoms with E-state index in [1.54, 1.807) is 0 Å². The molecule has 4 aromatic carbocycles. The molecule has 150 valence electrons. The molecule has 0 saturated heterocycles. The van der Waals surface area contributed by atoms with Gasteiger partial charge in [-0.3, -0.25) is 0 Å². The Bertz CT molecular complexity index is 1170. The average Bonchev–Trinajstić information content (AvgIpc) is 3.08. The van der Waals surface area contributed by atoms with Crippen LogP contribution < -0.4 is 4.74 Å². The molecule has 1 aliphatic heterocycles. The van der Waals surface area contributed by atoms with Gasteiger partial charge in [0.15, 0.2) is 0 Å². The number of hydrogen-bond acceptors (Lipinski definition) is 1. The van der Waals surface area contributed by atoms with Gasteiger partial charge in [0.25, 0.3) is 0 Å². The van der Waals surface area contributed by atoms with E-state index in [0.717, 1.165) is 0 Å². The van der Waals surface area contributed by atoms with Gasteiger partial charge < -0.3 is 4.74 Å². The Hall–Kier alpha value is -2.38. The Morgan fingerprint density at radius 3 is 1.83 bits per heavy atom. The molecule has 0 atom stereocenters. The van der Waals surface area contributed by atoms with E-state index >= 15 is 0 Å². The van der Waals surface area contributed by atoms with E-state index in [1.165, 1.54) is 37.9 Å². The number of rotatable bonds is 4. The second-order valence-electron chi connectivity index (χ2n) is 7.00. The molecule has 0 aliphatic carbocycles. The fourth-order valence-electron chi connectivity index (χ4n) is 3.76. The van der Waals surface area contributed by atoms with Crippen LogP contribution >= 0.6 is 33.5 Å². The van der Waals surface area contributed by atoms with Crippen LogP contribution in [0.1, 0.15) is 5.56 Å². The Balaban J connectivity index is 1.41. The van der Waals surface area contributed by atoms with E-state index in [1.807, 2.05) is 34.7 Å². The predicted octanol–water partition coefficient (Wildman–Crippen LogP) is 7.61. The summed E-state index contributed by atoms with van der Waals surface area (Å²) in [6.07, 6.45) is 0. The van der Waals surface area contributed by atoms with Crippen molar-refractivity contribution in [1.82, 2.24) is 0 Å². The molecule has 4 aromatic rings. The highest BCUT2D eigenvalue weighted by Crippen LogP contribution is 2.62. The minimum atomic E-state index is -0.628. The molecule has 0 unspecified atom stereocenters. The second-order valence-corrected chi connectivity index (χ2v) is 10.4. The molecular formula is C25H17F2IOS. The molecule has 1 aliphatic rings. The van der Waals surface area contributed by atoms with Crippen LogP contribution in [0, 0.1) is 15.2 Å². The van der Waals surface area contributed by atoms with E-state index in [-0.39, 0.29) is 12.2 Å². The van der Waals surface area contributed by atoms with Gasteiger partial charge in [-0.15, -0.1) is 0 Å². The Morgan fingerprint density at radius 1 is 0.733 bits per heavy atom. The highest BCUT2D eigenvalue weighted by atomic mass is 127. The zero-order chi connectivity index (χ0) is 20.7. The molecule has 30 heavy (non-hydrogen) atoms. The van der Waals surface area contributed by atoms with Gasteiger partial charge in [-0.2, -0.15) is 10.9 Å². The monoisotopic (exact) mass is 530 g/mol. The summed E-state index contributed by atoms with van der Waals surface area (Å²) in [4.78, 5) is 3.93. The molecule has 0 aromatic heterocycles. The lowest BCUT2D eigenvalue weighted by molar-refractivity contribution is 0.292. The summed E-state index contributed by atoms with van der Waals surface area (Å²) in [6.45, 7) is -0.144. The summed E-state index contributed by atoms with van der Waals surface area (Å²) in [7, 11) is -0.628. The van der Waals surface area contributed by atoms with Crippen LogP contribution in [0.3, 0.4) is 0 Å². The summed E-state index contributed by atoms with van der Waals surface area (Å²) >= 11 is 1.89. The van der Waals surface area contributed by atoms with Crippen molar-refractivity contribution < 1.29 is 13.5 Å². The van der Waals surface area contributed by atoms with Gasteiger partial charge in [-0.25, -0.2) is 8.78 Å². The van der Waals surface area contributed by atoms with E-state index in [9.17, 15) is 8.78 Å². The van der Waals surface area contributed by atoms with Crippen molar-refractivity contribution in [3.63, 3.8) is 0 Å². The maximum atomic E-state index is 14.0. The SMILES string of the molecule is Fc1cc(I)cc(F)c1COc1ccc([SH]2c3ccccc3-c3ccccc32)cc1. The maximum Gasteiger partial charge on any atom is 0.133 e. The molecule has 0 N–H and O–H groups in total. The van der Waals surface area contributed by atoms with E-state index in [4.69, 9.17) is 4.74 Å². The second kappa shape index (κ2) is 8.04. The molecule has 0 saturated carbocycles. The van der Waals surface area contributed by atoms with Gasteiger partial charge >= 0.3 is 0 Å². The topological polar surface area (TPSA) is 9.23 Å². The first-order chi connectivity index (χ1) is 14.6. The van der Waals surface area contributed by atoms with Crippen molar-refractivity contribution in [2.75, 3.05) is 0 Å². The molecule has 5 heteroatoms. The Kier molecular flexibility index (Phi) is 5.25. The van der Waals surface area contributed by atoms with E-state index in [0.29, 0.717) is 9.32 Å². The normalized spacial score (nSPS) is 13.1. The molecule has 0 bridgehead atoms. The number of thiol groups is 1. The number of fused-ring (bicyclic) bond motifs is 3. The highest BCUT2D eigenvalue weighted by Gasteiger charge is 2.26. The average molecular weight is 530 g/mol. The molecule has 5 rings (SSSR count). The smallest absolute Gasteiger partial charge is 0.133 e. The third kappa shape index (κ3) is 3.50. The van der Waals surface area contributed by atoms with Crippen molar-refractivity contribution in [1.29, 1.82) is 0 Å².